The van der Waals surface area contributed by atoms with Gasteiger partial charge in [-0.1, -0.05) is 25.1 Å². The van der Waals surface area contributed by atoms with Gasteiger partial charge in [0.25, 0.3) is 5.91 Å². The highest BCUT2D eigenvalue weighted by Crippen LogP contribution is 2.34. The molecule has 23 heavy (non-hydrogen) atoms. The molecule has 2 atom stereocenters. The molecule has 1 aliphatic heterocycles. The molecular weight excluding hydrogens is 293 g/mol. The van der Waals surface area contributed by atoms with Crippen LogP contribution in [0, 0.1) is 11.7 Å². The predicted octanol–water partition coefficient (Wildman–Crippen LogP) is 3.71. The molecule has 2 aromatic carbocycles. The third-order valence-corrected chi connectivity index (χ3v) is 4.54. The van der Waals surface area contributed by atoms with Crippen LogP contribution in [0.1, 0.15) is 28.8 Å². The molecule has 1 heterocycles. The first kappa shape index (κ1) is 15.5. The van der Waals surface area contributed by atoms with Gasteiger partial charge in [-0.25, -0.2) is 4.39 Å². The third kappa shape index (κ3) is 3.07. The minimum atomic E-state index is -0.192. The molecule has 0 radical (unpaired) electrons. The molecule has 0 saturated carbocycles. The van der Waals surface area contributed by atoms with E-state index in [1.54, 1.807) is 37.4 Å². The maximum Gasteiger partial charge on any atom is 0.253 e. The number of hydrogen-bond donors (Lipinski definition) is 0. The number of rotatable bonds is 3. The van der Waals surface area contributed by atoms with Crippen LogP contribution in [0.3, 0.4) is 0 Å². The maximum atomic E-state index is 14.0. The van der Waals surface area contributed by atoms with E-state index >= 15 is 0 Å². The molecule has 4 heteroatoms. The number of ether oxygens (including phenoxy) is 1. The molecular formula is C19H20FNO2. The predicted molar refractivity (Wildman–Crippen MR) is 87.2 cm³/mol. The molecule has 0 N–H and O–H groups in total. The van der Waals surface area contributed by atoms with Crippen molar-refractivity contribution in [3.63, 3.8) is 0 Å². The summed E-state index contributed by atoms with van der Waals surface area (Å²) in [5.74, 6) is 0.787. The molecule has 0 bridgehead atoms. The van der Waals surface area contributed by atoms with E-state index < -0.39 is 0 Å². The third-order valence-electron chi connectivity index (χ3n) is 4.54. The van der Waals surface area contributed by atoms with Gasteiger partial charge >= 0.3 is 0 Å². The van der Waals surface area contributed by atoms with Gasteiger partial charge in [0.05, 0.1) is 7.11 Å². The minimum Gasteiger partial charge on any atom is -0.497 e. The van der Waals surface area contributed by atoms with Crippen molar-refractivity contribution in [2.75, 3.05) is 20.2 Å². The van der Waals surface area contributed by atoms with Crippen LogP contribution in [0.25, 0.3) is 0 Å². The van der Waals surface area contributed by atoms with Crippen LogP contribution in [0.15, 0.2) is 48.5 Å². The zero-order chi connectivity index (χ0) is 16.4. The Morgan fingerprint density at radius 2 is 1.83 bits per heavy atom. The minimum absolute atomic E-state index is 0.0154. The van der Waals surface area contributed by atoms with E-state index in [9.17, 15) is 9.18 Å². The van der Waals surface area contributed by atoms with Gasteiger partial charge in [-0.3, -0.25) is 4.79 Å². The van der Waals surface area contributed by atoms with Crippen molar-refractivity contribution in [2.45, 2.75) is 12.8 Å². The molecule has 1 aliphatic rings. The van der Waals surface area contributed by atoms with Gasteiger partial charge in [0, 0.05) is 24.6 Å². The normalized spacial score (nSPS) is 20.6. The van der Waals surface area contributed by atoms with Crippen molar-refractivity contribution in [3.8, 4) is 5.75 Å². The molecule has 0 spiro atoms. The van der Waals surface area contributed by atoms with Crippen LogP contribution >= 0.6 is 0 Å². The highest BCUT2D eigenvalue weighted by atomic mass is 19.1. The lowest BCUT2D eigenvalue weighted by Gasteiger charge is -2.17. The quantitative estimate of drug-likeness (QED) is 0.864. The summed E-state index contributed by atoms with van der Waals surface area (Å²) >= 11 is 0. The highest BCUT2D eigenvalue weighted by molar-refractivity contribution is 5.94. The van der Waals surface area contributed by atoms with Crippen LogP contribution < -0.4 is 4.74 Å². The van der Waals surface area contributed by atoms with Crippen molar-refractivity contribution in [2.24, 2.45) is 5.92 Å². The Labute approximate surface area is 135 Å². The number of likely N-dealkylation sites (tertiary alicyclic amines) is 1. The fraction of sp³-hybridized carbons (Fsp3) is 0.316. The number of nitrogens with zero attached hydrogens (tertiary/aromatic N) is 1. The summed E-state index contributed by atoms with van der Waals surface area (Å²) in [6.45, 7) is 3.26. The number of carbonyl (C=O) groups is 1. The first-order chi connectivity index (χ1) is 11.1. The van der Waals surface area contributed by atoms with E-state index in [0.29, 0.717) is 24.2 Å². The second-order valence-electron chi connectivity index (χ2n) is 6.04. The molecule has 3 rings (SSSR count). The number of amides is 1. The van der Waals surface area contributed by atoms with Crippen molar-refractivity contribution in [1.29, 1.82) is 0 Å². The Balaban J connectivity index is 1.77. The first-order valence-electron chi connectivity index (χ1n) is 7.78. The molecule has 1 amide bonds. The largest absolute Gasteiger partial charge is 0.497 e. The van der Waals surface area contributed by atoms with Gasteiger partial charge in [-0.2, -0.15) is 0 Å². The SMILES string of the molecule is COc1ccc(C(=O)N2C[C@@H](C)[C@H](c3ccccc3F)C2)cc1. The maximum absolute atomic E-state index is 14.0. The number of carbonyl (C=O) groups excluding carboxylic acids is 1. The van der Waals surface area contributed by atoms with E-state index in [4.69, 9.17) is 4.74 Å². The fourth-order valence-electron chi connectivity index (χ4n) is 3.23. The number of halogens is 1. The van der Waals surface area contributed by atoms with Gasteiger partial charge in [0.15, 0.2) is 0 Å². The summed E-state index contributed by atoms with van der Waals surface area (Å²) in [7, 11) is 1.60. The van der Waals surface area contributed by atoms with Crippen molar-refractivity contribution in [1.82, 2.24) is 4.90 Å². The van der Waals surface area contributed by atoms with Crippen molar-refractivity contribution >= 4 is 5.91 Å². The topological polar surface area (TPSA) is 29.5 Å². The second-order valence-corrected chi connectivity index (χ2v) is 6.04. The van der Waals surface area contributed by atoms with Gasteiger partial charge < -0.3 is 9.64 Å². The van der Waals surface area contributed by atoms with Gasteiger partial charge in [-0.15, -0.1) is 0 Å². The van der Waals surface area contributed by atoms with Crippen LogP contribution in [-0.2, 0) is 0 Å². The number of hydrogen-bond acceptors (Lipinski definition) is 2. The smallest absolute Gasteiger partial charge is 0.253 e. The Morgan fingerprint density at radius 1 is 1.13 bits per heavy atom. The molecule has 120 valence electrons. The van der Waals surface area contributed by atoms with E-state index in [2.05, 4.69) is 6.92 Å². The zero-order valence-electron chi connectivity index (χ0n) is 13.3. The van der Waals surface area contributed by atoms with Crippen LogP contribution in [0.5, 0.6) is 5.75 Å². The molecule has 3 nitrogen and oxygen atoms in total. The van der Waals surface area contributed by atoms with Gasteiger partial charge in [-0.05, 0) is 41.8 Å². The lowest BCUT2D eigenvalue weighted by molar-refractivity contribution is 0.0786. The lowest BCUT2D eigenvalue weighted by Crippen LogP contribution is -2.28. The van der Waals surface area contributed by atoms with Crippen LogP contribution in [-0.4, -0.2) is 31.0 Å². The number of benzene rings is 2. The Hall–Kier alpha value is -2.36. The molecule has 1 fully saturated rings. The highest BCUT2D eigenvalue weighted by Gasteiger charge is 2.34. The summed E-state index contributed by atoms with van der Waals surface area (Å²) in [4.78, 5) is 14.5. The average molecular weight is 313 g/mol. The van der Waals surface area contributed by atoms with E-state index in [1.807, 2.05) is 17.0 Å². The summed E-state index contributed by atoms with van der Waals surface area (Å²) < 4.78 is 19.1. The van der Waals surface area contributed by atoms with E-state index in [0.717, 1.165) is 5.75 Å². The van der Waals surface area contributed by atoms with Gasteiger partial charge in [0.2, 0.25) is 0 Å². The average Bonchev–Trinajstić information content (AvgIpc) is 2.96. The van der Waals surface area contributed by atoms with E-state index in [1.165, 1.54) is 6.07 Å². The molecule has 0 unspecified atom stereocenters. The Bertz CT molecular complexity index is 699. The molecule has 0 aliphatic carbocycles. The second kappa shape index (κ2) is 6.41. The lowest BCUT2D eigenvalue weighted by atomic mass is 9.90. The summed E-state index contributed by atoms with van der Waals surface area (Å²) in [6, 6.07) is 13.9. The van der Waals surface area contributed by atoms with Crippen molar-refractivity contribution in [3.05, 3.63) is 65.5 Å². The Kier molecular flexibility index (Phi) is 4.33. The monoisotopic (exact) mass is 313 g/mol. The van der Waals surface area contributed by atoms with E-state index in [-0.39, 0.29) is 23.6 Å². The van der Waals surface area contributed by atoms with Crippen LogP contribution in [0.2, 0.25) is 0 Å². The fourth-order valence-corrected chi connectivity index (χ4v) is 3.23. The standard InChI is InChI=1S/C19H20FNO2/c1-13-11-21(12-17(13)16-5-3-4-6-18(16)20)19(22)14-7-9-15(23-2)10-8-14/h3-10,13,17H,11-12H2,1-2H3/t13-,17-/m1/s1. The molecule has 1 saturated heterocycles. The van der Waals surface area contributed by atoms with Crippen molar-refractivity contribution < 1.29 is 13.9 Å². The zero-order valence-corrected chi connectivity index (χ0v) is 13.3. The van der Waals surface area contributed by atoms with Crippen LogP contribution in [0.4, 0.5) is 4.39 Å². The summed E-state index contributed by atoms with van der Waals surface area (Å²) in [5.41, 5.74) is 1.33. The summed E-state index contributed by atoms with van der Waals surface area (Å²) in [5, 5.41) is 0. The number of methoxy groups -OCH3 is 1. The summed E-state index contributed by atoms with van der Waals surface area (Å²) in [6.07, 6.45) is 0. The Morgan fingerprint density at radius 3 is 2.48 bits per heavy atom. The van der Waals surface area contributed by atoms with Gasteiger partial charge in [0.1, 0.15) is 11.6 Å². The molecule has 2 aromatic rings. The first-order valence-corrected chi connectivity index (χ1v) is 7.78. The molecule has 0 aromatic heterocycles.